The zero-order valence-corrected chi connectivity index (χ0v) is 13.9. The fraction of sp³-hybridized carbons (Fsp3) is 0.632. The fourth-order valence-electron chi connectivity index (χ4n) is 2.65. The summed E-state index contributed by atoms with van der Waals surface area (Å²) in [6, 6.07) is 5.98. The second-order valence-corrected chi connectivity index (χ2v) is 5.87. The molecule has 1 rings (SSSR count). The first-order chi connectivity index (χ1) is 10.2. The van der Waals surface area contributed by atoms with Crippen molar-refractivity contribution in [1.82, 2.24) is 0 Å². The van der Waals surface area contributed by atoms with E-state index in [1.807, 2.05) is 26.0 Å². The van der Waals surface area contributed by atoms with Crippen LogP contribution in [0.5, 0.6) is 5.75 Å². The van der Waals surface area contributed by atoms with E-state index in [0.717, 1.165) is 29.9 Å². The van der Waals surface area contributed by atoms with Crippen LogP contribution in [0.2, 0.25) is 0 Å². The lowest BCUT2D eigenvalue weighted by Gasteiger charge is -2.12. The van der Waals surface area contributed by atoms with Gasteiger partial charge in [-0.25, -0.2) is 0 Å². The normalized spacial score (nSPS) is 10.4. The van der Waals surface area contributed by atoms with Gasteiger partial charge in [-0.15, -0.1) is 0 Å². The molecule has 0 unspecified atom stereocenters. The van der Waals surface area contributed by atoms with Crippen LogP contribution >= 0.6 is 0 Å². The van der Waals surface area contributed by atoms with Crippen LogP contribution in [0.3, 0.4) is 0 Å². The number of hydrogen-bond donors (Lipinski definition) is 0. The van der Waals surface area contributed by atoms with Crippen molar-refractivity contribution in [3.63, 3.8) is 0 Å². The van der Waals surface area contributed by atoms with E-state index in [-0.39, 0.29) is 0 Å². The van der Waals surface area contributed by atoms with Gasteiger partial charge in [0.25, 0.3) is 0 Å². The number of ether oxygens (including phenoxy) is 1. The summed E-state index contributed by atoms with van der Waals surface area (Å²) in [7, 11) is 0. The van der Waals surface area contributed by atoms with E-state index in [1.165, 1.54) is 44.9 Å². The van der Waals surface area contributed by atoms with Gasteiger partial charge < -0.3 is 4.74 Å². The van der Waals surface area contributed by atoms with Crippen molar-refractivity contribution in [1.29, 1.82) is 5.26 Å². The van der Waals surface area contributed by atoms with Crippen LogP contribution in [0.25, 0.3) is 0 Å². The number of rotatable bonds is 10. The molecule has 21 heavy (non-hydrogen) atoms. The minimum atomic E-state index is 0.712. The molecule has 0 saturated carbocycles. The van der Waals surface area contributed by atoms with E-state index in [0.29, 0.717) is 5.56 Å². The van der Waals surface area contributed by atoms with Gasteiger partial charge >= 0.3 is 0 Å². The minimum Gasteiger partial charge on any atom is -0.493 e. The molecule has 0 fully saturated rings. The van der Waals surface area contributed by atoms with E-state index < -0.39 is 0 Å². The minimum absolute atomic E-state index is 0.712. The maximum absolute atomic E-state index is 8.94. The fourth-order valence-corrected chi connectivity index (χ4v) is 2.65. The van der Waals surface area contributed by atoms with E-state index in [2.05, 4.69) is 13.0 Å². The van der Waals surface area contributed by atoms with Crippen molar-refractivity contribution in [3.8, 4) is 11.8 Å². The van der Waals surface area contributed by atoms with Gasteiger partial charge in [-0.05, 0) is 43.5 Å². The molecule has 0 aliphatic carbocycles. The van der Waals surface area contributed by atoms with E-state index in [4.69, 9.17) is 10.00 Å². The first-order valence-electron chi connectivity index (χ1n) is 8.33. The maximum Gasteiger partial charge on any atom is 0.125 e. The second kappa shape index (κ2) is 10.3. The number of hydrogen-bond acceptors (Lipinski definition) is 2. The van der Waals surface area contributed by atoms with E-state index in [1.54, 1.807) is 0 Å². The summed E-state index contributed by atoms with van der Waals surface area (Å²) in [6.07, 6.45) is 10.5. The predicted molar refractivity (Wildman–Crippen MR) is 88.7 cm³/mol. The molecule has 0 amide bonds. The Hall–Kier alpha value is -1.49. The Morgan fingerprint density at radius 2 is 1.43 bits per heavy atom. The van der Waals surface area contributed by atoms with Gasteiger partial charge in [0.15, 0.2) is 0 Å². The molecule has 0 aromatic heterocycles. The van der Waals surface area contributed by atoms with Gasteiger partial charge in [0.05, 0.1) is 18.2 Å². The highest BCUT2D eigenvalue weighted by Gasteiger charge is 2.06. The second-order valence-electron chi connectivity index (χ2n) is 5.87. The molecule has 0 aliphatic heterocycles. The molecular weight excluding hydrogens is 258 g/mol. The highest BCUT2D eigenvalue weighted by atomic mass is 16.5. The zero-order valence-electron chi connectivity index (χ0n) is 13.9. The molecule has 0 saturated heterocycles. The van der Waals surface area contributed by atoms with Crippen molar-refractivity contribution >= 4 is 0 Å². The molecule has 0 aliphatic rings. The lowest BCUT2D eigenvalue weighted by Crippen LogP contribution is -2.01. The van der Waals surface area contributed by atoms with Crippen LogP contribution in [-0.2, 0) is 0 Å². The number of nitrogens with zero attached hydrogens (tertiary/aromatic N) is 1. The summed E-state index contributed by atoms with van der Waals surface area (Å²) in [6.45, 7) is 7.06. The van der Waals surface area contributed by atoms with Gasteiger partial charge in [-0.2, -0.15) is 5.26 Å². The van der Waals surface area contributed by atoms with Crippen LogP contribution in [-0.4, -0.2) is 6.61 Å². The van der Waals surface area contributed by atoms with E-state index in [9.17, 15) is 0 Å². The largest absolute Gasteiger partial charge is 0.493 e. The smallest absolute Gasteiger partial charge is 0.125 e. The Balaban J connectivity index is 2.20. The van der Waals surface area contributed by atoms with Crippen molar-refractivity contribution < 1.29 is 4.74 Å². The molecule has 2 nitrogen and oxygen atoms in total. The van der Waals surface area contributed by atoms with Crippen LogP contribution in [0.1, 0.15) is 75.0 Å². The summed E-state index contributed by atoms with van der Waals surface area (Å²) >= 11 is 0. The highest BCUT2D eigenvalue weighted by Crippen LogP contribution is 2.24. The Bertz CT molecular complexity index is 436. The monoisotopic (exact) mass is 287 g/mol. The third-order valence-corrected chi connectivity index (χ3v) is 3.83. The first kappa shape index (κ1) is 17.6. The maximum atomic E-state index is 8.94. The summed E-state index contributed by atoms with van der Waals surface area (Å²) in [5.74, 6) is 0.956. The molecule has 0 heterocycles. The van der Waals surface area contributed by atoms with Gasteiger partial charge in [-0.1, -0.05) is 51.9 Å². The molecular formula is C19H29NO. The molecule has 0 N–H and O–H groups in total. The molecule has 0 atom stereocenters. The van der Waals surface area contributed by atoms with Crippen LogP contribution < -0.4 is 4.74 Å². The summed E-state index contributed by atoms with van der Waals surface area (Å²) in [4.78, 5) is 0. The molecule has 2 heteroatoms. The highest BCUT2D eigenvalue weighted by molar-refractivity contribution is 5.47. The van der Waals surface area contributed by atoms with Gasteiger partial charge in [0, 0.05) is 0 Å². The van der Waals surface area contributed by atoms with Crippen LogP contribution in [0, 0.1) is 25.2 Å². The van der Waals surface area contributed by atoms with Crippen molar-refractivity contribution in [3.05, 3.63) is 28.8 Å². The predicted octanol–water partition coefficient (Wildman–Crippen LogP) is 5.69. The average Bonchev–Trinajstić information content (AvgIpc) is 2.47. The van der Waals surface area contributed by atoms with Gasteiger partial charge in [0.2, 0.25) is 0 Å². The molecule has 0 spiro atoms. The summed E-state index contributed by atoms with van der Waals surface area (Å²) in [5.41, 5.74) is 2.83. The standard InChI is InChI=1S/C19H29NO/c1-4-5-6-7-8-9-10-11-12-21-19-16(2)13-18(15-20)14-17(19)3/h13-14H,4-12H2,1-3H3. The lowest BCUT2D eigenvalue weighted by atomic mass is 10.1. The Kier molecular flexibility index (Phi) is 8.59. The third-order valence-electron chi connectivity index (χ3n) is 3.83. The molecule has 1 aromatic rings. The molecule has 0 radical (unpaired) electrons. The van der Waals surface area contributed by atoms with Gasteiger partial charge in [-0.3, -0.25) is 0 Å². The molecule has 1 aromatic carbocycles. The van der Waals surface area contributed by atoms with Gasteiger partial charge in [0.1, 0.15) is 5.75 Å². The number of aryl methyl sites for hydroxylation is 2. The topological polar surface area (TPSA) is 33.0 Å². The summed E-state index contributed by atoms with van der Waals surface area (Å²) in [5, 5.41) is 8.94. The van der Waals surface area contributed by atoms with Crippen LogP contribution in [0.15, 0.2) is 12.1 Å². The molecule has 0 bridgehead atoms. The lowest BCUT2D eigenvalue weighted by molar-refractivity contribution is 0.300. The van der Waals surface area contributed by atoms with Crippen molar-refractivity contribution in [2.24, 2.45) is 0 Å². The zero-order chi connectivity index (χ0) is 15.5. The number of unbranched alkanes of at least 4 members (excludes halogenated alkanes) is 7. The Labute approximate surface area is 130 Å². The molecule has 116 valence electrons. The van der Waals surface area contributed by atoms with Crippen LogP contribution in [0.4, 0.5) is 0 Å². The average molecular weight is 287 g/mol. The van der Waals surface area contributed by atoms with E-state index >= 15 is 0 Å². The SMILES string of the molecule is CCCCCCCCCCOc1c(C)cc(C#N)cc1C. The summed E-state index contributed by atoms with van der Waals surface area (Å²) < 4.78 is 5.90. The number of nitriles is 1. The Morgan fingerprint density at radius 3 is 1.95 bits per heavy atom. The third kappa shape index (κ3) is 6.67. The van der Waals surface area contributed by atoms with Crippen molar-refractivity contribution in [2.75, 3.05) is 6.61 Å². The first-order valence-corrected chi connectivity index (χ1v) is 8.33. The quantitative estimate of drug-likeness (QED) is 0.517. The Morgan fingerprint density at radius 1 is 0.905 bits per heavy atom. The number of benzene rings is 1. The van der Waals surface area contributed by atoms with Crippen molar-refractivity contribution in [2.45, 2.75) is 72.1 Å².